The van der Waals surface area contributed by atoms with Crippen LogP contribution >= 0.6 is 0 Å². The topological polar surface area (TPSA) is 76.1 Å². The van der Waals surface area contributed by atoms with Crippen molar-refractivity contribution in [3.63, 3.8) is 0 Å². The van der Waals surface area contributed by atoms with Crippen molar-refractivity contribution < 1.29 is 24.2 Å². The molecule has 0 bridgehead atoms. The van der Waals surface area contributed by atoms with Gasteiger partial charge in [0.2, 0.25) is 0 Å². The average molecular weight is 486 g/mol. The Morgan fingerprint density at radius 1 is 0.972 bits per heavy atom. The van der Waals surface area contributed by atoms with Gasteiger partial charge in [-0.3, -0.25) is 9.59 Å². The third-order valence-electron chi connectivity index (χ3n) is 6.48. The number of rotatable bonds is 8. The Bertz CT molecular complexity index is 1290. The van der Waals surface area contributed by atoms with Gasteiger partial charge in [0.15, 0.2) is 0 Å². The van der Waals surface area contributed by atoms with E-state index < -0.39 is 17.7 Å². The van der Waals surface area contributed by atoms with Crippen molar-refractivity contribution in [3.8, 4) is 11.5 Å². The molecule has 0 radical (unpaired) electrons. The van der Waals surface area contributed by atoms with E-state index in [4.69, 9.17) is 9.47 Å². The number of carbonyl (C=O) groups is 2. The first kappa shape index (κ1) is 25.0. The highest BCUT2D eigenvalue weighted by atomic mass is 16.5. The quantitative estimate of drug-likeness (QED) is 0.264. The second kappa shape index (κ2) is 10.7. The Balaban J connectivity index is 1.74. The lowest BCUT2D eigenvalue weighted by atomic mass is 9.94. The van der Waals surface area contributed by atoms with Gasteiger partial charge in [0.05, 0.1) is 25.3 Å². The van der Waals surface area contributed by atoms with Crippen molar-refractivity contribution in [2.24, 2.45) is 0 Å². The number of aryl methyl sites for hydroxylation is 2. The molecule has 1 aliphatic rings. The van der Waals surface area contributed by atoms with E-state index in [9.17, 15) is 14.7 Å². The van der Waals surface area contributed by atoms with E-state index in [1.807, 2.05) is 69.3 Å². The van der Waals surface area contributed by atoms with Crippen molar-refractivity contribution in [2.45, 2.75) is 33.2 Å². The summed E-state index contributed by atoms with van der Waals surface area (Å²) in [5, 5.41) is 11.3. The van der Waals surface area contributed by atoms with Crippen LogP contribution in [-0.2, 0) is 16.0 Å². The van der Waals surface area contributed by atoms with Crippen LogP contribution in [0.1, 0.15) is 40.8 Å². The van der Waals surface area contributed by atoms with Gasteiger partial charge in [0.1, 0.15) is 17.3 Å². The third-order valence-corrected chi connectivity index (χ3v) is 6.48. The van der Waals surface area contributed by atoms with Crippen LogP contribution in [0.2, 0.25) is 0 Å². The zero-order valence-electron chi connectivity index (χ0n) is 21.1. The van der Waals surface area contributed by atoms with Crippen molar-refractivity contribution in [1.82, 2.24) is 4.90 Å². The summed E-state index contributed by atoms with van der Waals surface area (Å²) in [6, 6.07) is 19.9. The van der Waals surface area contributed by atoms with Gasteiger partial charge in [-0.1, -0.05) is 42.0 Å². The number of ketones is 1. The lowest BCUT2D eigenvalue weighted by molar-refractivity contribution is -0.139. The summed E-state index contributed by atoms with van der Waals surface area (Å²) in [5.74, 6) is -0.0109. The minimum Gasteiger partial charge on any atom is -0.507 e. The zero-order valence-corrected chi connectivity index (χ0v) is 21.1. The fraction of sp³-hybridized carbons (Fsp3) is 0.267. The standard InChI is InChI=1S/C30H31NO5/c1-5-36-25-15-12-23(18-20(25)3)28(32)26-27(22-10-6-19(2)7-11-22)31(30(34)29(26)33)17-16-21-8-13-24(35-4)14-9-21/h6-15,18,27,32H,5,16-17H2,1-4H3. The summed E-state index contributed by atoms with van der Waals surface area (Å²) in [6.45, 7) is 6.62. The van der Waals surface area contributed by atoms with E-state index in [0.29, 0.717) is 30.9 Å². The molecule has 1 N–H and O–H groups in total. The van der Waals surface area contributed by atoms with Crippen LogP contribution in [0.5, 0.6) is 11.5 Å². The fourth-order valence-electron chi connectivity index (χ4n) is 4.52. The summed E-state index contributed by atoms with van der Waals surface area (Å²) in [5.41, 5.74) is 4.27. The number of likely N-dealkylation sites (tertiary alicyclic amines) is 1. The Kier molecular flexibility index (Phi) is 7.44. The lowest BCUT2D eigenvalue weighted by Crippen LogP contribution is -2.31. The van der Waals surface area contributed by atoms with Crippen LogP contribution in [-0.4, -0.2) is 42.0 Å². The summed E-state index contributed by atoms with van der Waals surface area (Å²) in [4.78, 5) is 28.1. The minimum atomic E-state index is -0.685. The van der Waals surface area contributed by atoms with Crippen LogP contribution in [0.3, 0.4) is 0 Å². The monoisotopic (exact) mass is 485 g/mol. The van der Waals surface area contributed by atoms with Gasteiger partial charge in [0, 0.05) is 12.1 Å². The molecule has 3 aromatic carbocycles. The molecule has 1 atom stereocenters. The average Bonchev–Trinajstić information content (AvgIpc) is 3.14. The molecule has 6 heteroatoms. The predicted octanol–water partition coefficient (Wildman–Crippen LogP) is 5.38. The van der Waals surface area contributed by atoms with E-state index in [-0.39, 0.29) is 11.3 Å². The van der Waals surface area contributed by atoms with Gasteiger partial charge in [-0.15, -0.1) is 0 Å². The fourth-order valence-corrected chi connectivity index (χ4v) is 4.52. The molecule has 186 valence electrons. The predicted molar refractivity (Wildman–Crippen MR) is 139 cm³/mol. The molecule has 0 aliphatic carbocycles. The molecule has 4 rings (SSSR count). The number of benzene rings is 3. The van der Waals surface area contributed by atoms with Gasteiger partial charge in [-0.05, 0) is 74.2 Å². The molecule has 1 saturated heterocycles. The zero-order chi connectivity index (χ0) is 25.8. The first-order valence-corrected chi connectivity index (χ1v) is 12.1. The van der Waals surface area contributed by atoms with Crippen molar-refractivity contribution in [3.05, 3.63) is 100 Å². The lowest BCUT2D eigenvalue weighted by Gasteiger charge is -2.25. The van der Waals surface area contributed by atoms with E-state index in [1.165, 1.54) is 0 Å². The number of amides is 1. The summed E-state index contributed by atoms with van der Waals surface area (Å²) >= 11 is 0. The maximum Gasteiger partial charge on any atom is 0.295 e. The number of methoxy groups -OCH3 is 1. The van der Waals surface area contributed by atoms with Gasteiger partial charge in [-0.25, -0.2) is 0 Å². The van der Waals surface area contributed by atoms with E-state index >= 15 is 0 Å². The Morgan fingerprint density at radius 2 is 1.67 bits per heavy atom. The molecule has 0 spiro atoms. The number of hydrogen-bond donors (Lipinski definition) is 1. The van der Waals surface area contributed by atoms with Crippen LogP contribution in [0.4, 0.5) is 0 Å². The number of ether oxygens (including phenoxy) is 2. The second-order valence-corrected chi connectivity index (χ2v) is 8.91. The van der Waals surface area contributed by atoms with E-state index in [1.54, 1.807) is 30.2 Å². The molecule has 3 aromatic rings. The summed E-state index contributed by atoms with van der Waals surface area (Å²) in [6.07, 6.45) is 0.557. The smallest absolute Gasteiger partial charge is 0.295 e. The molecule has 1 fully saturated rings. The van der Waals surface area contributed by atoms with Gasteiger partial charge < -0.3 is 19.5 Å². The molecule has 1 amide bonds. The minimum absolute atomic E-state index is 0.0992. The molecule has 1 unspecified atom stereocenters. The SMILES string of the molecule is CCOc1ccc(C(O)=C2C(=O)C(=O)N(CCc3ccc(OC)cc3)C2c2ccc(C)cc2)cc1C. The molecule has 1 heterocycles. The highest BCUT2D eigenvalue weighted by molar-refractivity contribution is 6.46. The largest absolute Gasteiger partial charge is 0.507 e. The number of aliphatic hydroxyl groups is 1. The molecule has 36 heavy (non-hydrogen) atoms. The Labute approximate surface area is 211 Å². The maximum absolute atomic E-state index is 13.3. The number of Topliss-reactive ketones (excluding diaryl/α,β-unsaturated/α-hetero) is 1. The number of aliphatic hydroxyl groups excluding tert-OH is 1. The van der Waals surface area contributed by atoms with Gasteiger partial charge in [0.25, 0.3) is 11.7 Å². The van der Waals surface area contributed by atoms with Crippen molar-refractivity contribution in [1.29, 1.82) is 0 Å². The van der Waals surface area contributed by atoms with Crippen LogP contribution in [0, 0.1) is 13.8 Å². The first-order chi connectivity index (χ1) is 17.3. The Hall–Kier alpha value is -4.06. The molecule has 0 aromatic heterocycles. The molecule has 0 saturated carbocycles. The summed E-state index contributed by atoms with van der Waals surface area (Å²) in [7, 11) is 1.61. The number of carbonyl (C=O) groups excluding carboxylic acids is 2. The van der Waals surface area contributed by atoms with Crippen LogP contribution in [0.15, 0.2) is 72.3 Å². The van der Waals surface area contributed by atoms with Crippen molar-refractivity contribution in [2.75, 3.05) is 20.3 Å². The Morgan fingerprint density at radius 3 is 2.28 bits per heavy atom. The van der Waals surface area contributed by atoms with Gasteiger partial charge in [-0.2, -0.15) is 0 Å². The molecule has 1 aliphatic heterocycles. The maximum atomic E-state index is 13.3. The third kappa shape index (κ3) is 4.98. The van der Waals surface area contributed by atoms with Crippen LogP contribution < -0.4 is 9.47 Å². The van der Waals surface area contributed by atoms with Crippen LogP contribution in [0.25, 0.3) is 5.76 Å². The second-order valence-electron chi connectivity index (χ2n) is 8.91. The highest BCUT2D eigenvalue weighted by Gasteiger charge is 2.45. The van der Waals surface area contributed by atoms with E-state index in [0.717, 1.165) is 28.0 Å². The number of nitrogens with zero attached hydrogens (tertiary/aromatic N) is 1. The molecule has 6 nitrogen and oxygen atoms in total. The van der Waals surface area contributed by atoms with Crippen molar-refractivity contribution >= 4 is 17.4 Å². The highest BCUT2D eigenvalue weighted by Crippen LogP contribution is 2.40. The normalized spacial score (nSPS) is 16.9. The molecular formula is C30H31NO5. The molecular weight excluding hydrogens is 454 g/mol. The summed E-state index contributed by atoms with van der Waals surface area (Å²) < 4.78 is 10.8. The van der Waals surface area contributed by atoms with E-state index in [2.05, 4.69) is 0 Å². The number of hydrogen-bond acceptors (Lipinski definition) is 5. The first-order valence-electron chi connectivity index (χ1n) is 12.1. The van der Waals surface area contributed by atoms with Gasteiger partial charge >= 0.3 is 0 Å².